The van der Waals surface area contributed by atoms with Crippen LogP contribution in [0.3, 0.4) is 0 Å². The maximum atomic E-state index is 12.4. The molecule has 1 fully saturated rings. The molecular weight excluding hydrogens is 364 g/mol. The van der Waals surface area contributed by atoms with Crippen LogP contribution in [0.2, 0.25) is 5.02 Å². The highest BCUT2D eigenvalue weighted by atomic mass is 35.5. The molecule has 0 aliphatic carbocycles. The van der Waals surface area contributed by atoms with E-state index in [-0.39, 0.29) is 30.7 Å². The Hall–Kier alpha value is -2.97. The normalized spacial score (nSPS) is 15.9. The van der Waals surface area contributed by atoms with Crippen LogP contribution >= 0.6 is 11.6 Å². The number of nitrogens with one attached hydrogen (secondary N) is 1. The van der Waals surface area contributed by atoms with Crippen LogP contribution in [-0.2, 0) is 9.59 Å². The summed E-state index contributed by atoms with van der Waals surface area (Å²) in [5.74, 6) is 5.95. The van der Waals surface area contributed by atoms with Crippen LogP contribution in [-0.4, -0.2) is 32.0 Å². The Labute approximate surface area is 163 Å². The number of nitrogens with zero attached hydrogens (tertiary/aromatic N) is 1. The molecule has 1 heterocycles. The maximum Gasteiger partial charge on any atom is 0.227 e. The summed E-state index contributed by atoms with van der Waals surface area (Å²) in [5.41, 5.74) is 1.51. The Balaban J connectivity index is 1.56. The zero-order chi connectivity index (χ0) is 19.2. The van der Waals surface area contributed by atoms with Crippen molar-refractivity contribution < 1.29 is 14.3 Å². The smallest absolute Gasteiger partial charge is 0.227 e. The average Bonchev–Trinajstić information content (AvgIpc) is 3.08. The van der Waals surface area contributed by atoms with Gasteiger partial charge >= 0.3 is 0 Å². The molecule has 0 bridgehead atoms. The Morgan fingerprint density at radius 1 is 1.26 bits per heavy atom. The van der Waals surface area contributed by atoms with Crippen molar-refractivity contribution in [3.8, 4) is 17.6 Å². The second-order valence-electron chi connectivity index (χ2n) is 6.10. The van der Waals surface area contributed by atoms with Crippen molar-refractivity contribution >= 4 is 29.1 Å². The number of carbonyl (C=O) groups is 2. The van der Waals surface area contributed by atoms with E-state index in [1.165, 1.54) is 0 Å². The monoisotopic (exact) mass is 382 g/mol. The van der Waals surface area contributed by atoms with Gasteiger partial charge in [-0.1, -0.05) is 35.6 Å². The molecule has 1 saturated heterocycles. The first kappa shape index (κ1) is 18.8. The number of hydrogen-bond acceptors (Lipinski definition) is 3. The van der Waals surface area contributed by atoms with Gasteiger partial charge in [0.2, 0.25) is 11.8 Å². The van der Waals surface area contributed by atoms with Gasteiger partial charge in [0.15, 0.2) is 0 Å². The summed E-state index contributed by atoms with van der Waals surface area (Å²) in [6.45, 7) is 0.564. The van der Waals surface area contributed by atoms with Crippen molar-refractivity contribution in [3.63, 3.8) is 0 Å². The van der Waals surface area contributed by atoms with E-state index >= 15 is 0 Å². The molecule has 0 radical (unpaired) electrons. The van der Waals surface area contributed by atoms with Gasteiger partial charge in [-0.05, 0) is 36.4 Å². The Morgan fingerprint density at radius 3 is 2.74 bits per heavy atom. The first-order chi connectivity index (χ1) is 13.1. The minimum absolute atomic E-state index is 0.0717. The third-order valence-electron chi connectivity index (χ3n) is 4.32. The van der Waals surface area contributed by atoms with Crippen LogP contribution in [0.15, 0.2) is 48.5 Å². The second kappa shape index (κ2) is 8.61. The van der Waals surface area contributed by atoms with Gasteiger partial charge in [-0.3, -0.25) is 9.59 Å². The fraction of sp³-hybridized carbons (Fsp3) is 0.238. The second-order valence-corrected chi connectivity index (χ2v) is 6.54. The lowest BCUT2D eigenvalue weighted by molar-refractivity contribution is -0.126. The number of amides is 2. The number of benzene rings is 2. The molecule has 0 aromatic heterocycles. The first-order valence-corrected chi connectivity index (χ1v) is 8.92. The number of para-hydroxylation sites is 1. The standard InChI is InChI=1S/C21H19ClN2O3/c1-27-19-7-3-2-5-15(19)6-4-12-23-21(26)16-13-20(25)24(14-16)18-10-8-17(22)9-11-18/h2-3,5,7-11,16H,12-14H2,1H3,(H,23,26). The number of carbonyl (C=O) groups excluding carboxylic acids is 2. The van der Waals surface area contributed by atoms with E-state index in [0.717, 1.165) is 11.3 Å². The van der Waals surface area contributed by atoms with Gasteiger partial charge in [-0.2, -0.15) is 0 Å². The van der Waals surface area contributed by atoms with E-state index < -0.39 is 0 Å². The van der Waals surface area contributed by atoms with Gasteiger partial charge in [0.25, 0.3) is 0 Å². The summed E-state index contributed by atoms with van der Waals surface area (Å²) in [7, 11) is 1.59. The molecule has 5 nitrogen and oxygen atoms in total. The van der Waals surface area contributed by atoms with Gasteiger partial charge in [0, 0.05) is 23.7 Å². The summed E-state index contributed by atoms with van der Waals surface area (Å²) in [6.07, 6.45) is 0.189. The number of anilines is 1. The van der Waals surface area contributed by atoms with E-state index in [4.69, 9.17) is 16.3 Å². The number of rotatable bonds is 4. The van der Waals surface area contributed by atoms with Gasteiger partial charge in [0.05, 0.1) is 25.1 Å². The molecule has 1 atom stereocenters. The Morgan fingerprint density at radius 2 is 2.00 bits per heavy atom. The number of halogens is 1. The van der Waals surface area contributed by atoms with Gasteiger partial charge in [0.1, 0.15) is 5.75 Å². The van der Waals surface area contributed by atoms with E-state index in [2.05, 4.69) is 17.2 Å². The zero-order valence-electron chi connectivity index (χ0n) is 14.9. The summed E-state index contributed by atoms with van der Waals surface area (Å²) in [5, 5.41) is 3.39. The largest absolute Gasteiger partial charge is 0.495 e. The minimum Gasteiger partial charge on any atom is -0.495 e. The fourth-order valence-corrected chi connectivity index (χ4v) is 3.04. The van der Waals surface area contributed by atoms with Crippen LogP contribution in [0, 0.1) is 17.8 Å². The highest BCUT2D eigenvalue weighted by Gasteiger charge is 2.34. The molecule has 2 amide bonds. The van der Waals surface area contributed by atoms with Crippen molar-refractivity contribution in [1.82, 2.24) is 5.32 Å². The molecule has 3 rings (SSSR count). The molecule has 27 heavy (non-hydrogen) atoms. The van der Waals surface area contributed by atoms with Crippen molar-refractivity contribution in [3.05, 3.63) is 59.1 Å². The number of hydrogen-bond donors (Lipinski definition) is 1. The molecule has 1 aliphatic heterocycles. The molecule has 0 saturated carbocycles. The van der Waals surface area contributed by atoms with Crippen LogP contribution < -0.4 is 15.0 Å². The van der Waals surface area contributed by atoms with Crippen LogP contribution in [0.1, 0.15) is 12.0 Å². The third-order valence-corrected chi connectivity index (χ3v) is 4.57. The van der Waals surface area contributed by atoms with Crippen molar-refractivity contribution in [1.29, 1.82) is 0 Å². The summed E-state index contributed by atoms with van der Waals surface area (Å²) >= 11 is 5.88. The van der Waals surface area contributed by atoms with E-state index in [1.54, 1.807) is 36.3 Å². The van der Waals surface area contributed by atoms with Crippen molar-refractivity contribution in [2.75, 3.05) is 25.1 Å². The highest BCUT2D eigenvalue weighted by Crippen LogP contribution is 2.26. The molecule has 2 aromatic carbocycles. The first-order valence-electron chi connectivity index (χ1n) is 8.54. The summed E-state index contributed by atoms with van der Waals surface area (Å²) in [6, 6.07) is 14.4. The zero-order valence-corrected chi connectivity index (χ0v) is 15.6. The Kier molecular flexibility index (Phi) is 6.00. The van der Waals surface area contributed by atoms with E-state index in [1.807, 2.05) is 24.3 Å². The third kappa shape index (κ3) is 4.60. The SMILES string of the molecule is COc1ccccc1C#CCNC(=O)C1CC(=O)N(c2ccc(Cl)cc2)C1. The average molecular weight is 383 g/mol. The molecule has 0 spiro atoms. The van der Waals surface area contributed by atoms with Crippen LogP contribution in [0.5, 0.6) is 5.75 Å². The topological polar surface area (TPSA) is 58.6 Å². The van der Waals surface area contributed by atoms with Crippen molar-refractivity contribution in [2.24, 2.45) is 5.92 Å². The molecule has 1 aliphatic rings. The van der Waals surface area contributed by atoms with E-state index in [9.17, 15) is 9.59 Å². The lowest BCUT2D eigenvalue weighted by atomic mass is 10.1. The maximum absolute atomic E-state index is 12.4. The lowest BCUT2D eigenvalue weighted by Crippen LogP contribution is -2.33. The lowest BCUT2D eigenvalue weighted by Gasteiger charge is -2.16. The Bertz CT molecular complexity index is 900. The quantitative estimate of drug-likeness (QED) is 0.827. The van der Waals surface area contributed by atoms with Crippen LogP contribution in [0.4, 0.5) is 5.69 Å². The van der Waals surface area contributed by atoms with Gasteiger partial charge in [-0.25, -0.2) is 0 Å². The minimum atomic E-state index is -0.388. The number of methoxy groups -OCH3 is 1. The molecule has 1 N–H and O–H groups in total. The number of ether oxygens (including phenoxy) is 1. The molecule has 2 aromatic rings. The summed E-state index contributed by atoms with van der Waals surface area (Å²) < 4.78 is 5.24. The predicted octanol–water partition coefficient (Wildman–Crippen LogP) is 2.87. The highest BCUT2D eigenvalue weighted by molar-refractivity contribution is 6.30. The predicted molar refractivity (Wildman–Crippen MR) is 105 cm³/mol. The van der Waals surface area contributed by atoms with Crippen LogP contribution in [0.25, 0.3) is 0 Å². The van der Waals surface area contributed by atoms with E-state index in [0.29, 0.717) is 17.3 Å². The van der Waals surface area contributed by atoms with Gasteiger partial charge in [-0.15, -0.1) is 0 Å². The fourth-order valence-electron chi connectivity index (χ4n) is 2.92. The molecular formula is C21H19ClN2O3. The van der Waals surface area contributed by atoms with Crippen molar-refractivity contribution in [2.45, 2.75) is 6.42 Å². The molecule has 6 heteroatoms. The molecule has 1 unspecified atom stereocenters. The molecule has 138 valence electrons. The summed E-state index contributed by atoms with van der Waals surface area (Å²) in [4.78, 5) is 26.2. The van der Waals surface area contributed by atoms with Gasteiger partial charge < -0.3 is 15.0 Å².